The number of ether oxygens (including phenoxy) is 1. The molecule has 4 nitrogen and oxygen atoms in total. The first kappa shape index (κ1) is 19.8. The van der Waals surface area contributed by atoms with Gasteiger partial charge >= 0.3 is 0 Å². The molecular weight excluding hydrogens is 356 g/mol. The van der Waals surface area contributed by atoms with Gasteiger partial charge in [0.2, 0.25) is 0 Å². The van der Waals surface area contributed by atoms with E-state index in [0.29, 0.717) is 12.1 Å². The second kappa shape index (κ2) is 9.81. The van der Waals surface area contributed by atoms with Gasteiger partial charge in [0.1, 0.15) is 11.9 Å². The lowest BCUT2D eigenvalue weighted by atomic mass is 10.1. The lowest BCUT2D eigenvalue weighted by Crippen LogP contribution is -2.33. The van der Waals surface area contributed by atoms with E-state index in [1.54, 1.807) is 0 Å². The Morgan fingerprint density at radius 3 is 2.67 bits per heavy atom. The van der Waals surface area contributed by atoms with Gasteiger partial charge in [0.15, 0.2) is 0 Å². The molecule has 1 atom stereocenters. The highest BCUT2D eigenvalue weighted by Crippen LogP contribution is 2.18. The molecule has 5 heteroatoms. The summed E-state index contributed by atoms with van der Waals surface area (Å²) < 4.78 is 6.01. The summed E-state index contributed by atoms with van der Waals surface area (Å²) in [6.07, 6.45) is -0.0963. The Morgan fingerprint density at radius 1 is 1.19 bits per heavy atom. The van der Waals surface area contributed by atoms with Crippen LogP contribution >= 0.6 is 11.8 Å². The summed E-state index contributed by atoms with van der Waals surface area (Å²) in [5.41, 5.74) is 3.09. The van der Waals surface area contributed by atoms with E-state index < -0.39 is 0 Å². The van der Waals surface area contributed by atoms with E-state index in [1.807, 2.05) is 62.0 Å². The SMILES string of the molecule is Cc1ccc(C(=O)NC[C@H](C)Oc2cccc(CN3CCSCC3)c2)cc1. The maximum absolute atomic E-state index is 12.2. The molecule has 27 heavy (non-hydrogen) atoms. The Hall–Kier alpha value is -1.98. The molecule has 0 aromatic heterocycles. The molecule has 0 unspecified atom stereocenters. The molecule has 1 saturated heterocycles. The summed E-state index contributed by atoms with van der Waals surface area (Å²) in [4.78, 5) is 14.7. The Morgan fingerprint density at radius 2 is 1.93 bits per heavy atom. The van der Waals surface area contributed by atoms with Crippen molar-refractivity contribution in [1.29, 1.82) is 0 Å². The monoisotopic (exact) mass is 384 g/mol. The highest BCUT2D eigenvalue weighted by molar-refractivity contribution is 7.99. The number of carbonyl (C=O) groups is 1. The zero-order valence-electron chi connectivity index (χ0n) is 16.1. The third-order valence-electron chi connectivity index (χ3n) is 4.61. The summed E-state index contributed by atoms with van der Waals surface area (Å²) in [5, 5.41) is 2.94. The zero-order chi connectivity index (χ0) is 19.1. The van der Waals surface area contributed by atoms with Crippen molar-refractivity contribution in [2.24, 2.45) is 0 Å². The molecule has 0 aliphatic carbocycles. The first-order chi connectivity index (χ1) is 13.1. The second-order valence-corrected chi connectivity index (χ2v) is 8.27. The van der Waals surface area contributed by atoms with Crippen LogP contribution in [0, 0.1) is 6.92 Å². The van der Waals surface area contributed by atoms with Crippen LogP contribution in [-0.4, -0.2) is 48.1 Å². The molecule has 2 aromatic carbocycles. The summed E-state index contributed by atoms with van der Waals surface area (Å²) in [5.74, 6) is 3.22. The predicted octanol–water partition coefficient (Wildman–Crippen LogP) is 3.74. The average molecular weight is 385 g/mol. The molecule has 0 spiro atoms. The van der Waals surface area contributed by atoms with Crippen molar-refractivity contribution < 1.29 is 9.53 Å². The van der Waals surface area contributed by atoms with Crippen molar-refractivity contribution in [3.8, 4) is 5.75 Å². The number of aryl methyl sites for hydroxylation is 1. The van der Waals surface area contributed by atoms with Crippen LogP contribution in [0.25, 0.3) is 0 Å². The molecule has 0 radical (unpaired) electrons. The third kappa shape index (κ3) is 6.29. The molecule has 1 aliphatic rings. The van der Waals surface area contributed by atoms with E-state index in [-0.39, 0.29) is 12.0 Å². The van der Waals surface area contributed by atoms with E-state index in [4.69, 9.17) is 4.74 Å². The fraction of sp³-hybridized carbons (Fsp3) is 0.409. The molecule has 1 fully saturated rings. The minimum Gasteiger partial charge on any atom is -0.489 e. The van der Waals surface area contributed by atoms with Gasteiger partial charge in [-0.3, -0.25) is 9.69 Å². The maximum Gasteiger partial charge on any atom is 0.251 e. The molecular formula is C22H28N2O2S. The van der Waals surface area contributed by atoms with Crippen LogP contribution in [0.3, 0.4) is 0 Å². The fourth-order valence-electron chi connectivity index (χ4n) is 3.05. The molecule has 2 aromatic rings. The smallest absolute Gasteiger partial charge is 0.251 e. The lowest BCUT2D eigenvalue weighted by molar-refractivity contribution is 0.0932. The summed E-state index contributed by atoms with van der Waals surface area (Å²) in [6.45, 7) is 7.73. The van der Waals surface area contributed by atoms with Crippen LogP contribution in [0.1, 0.15) is 28.4 Å². The van der Waals surface area contributed by atoms with Gasteiger partial charge in [-0.2, -0.15) is 11.8 Å². The maximum atomic E-state index is 12.2. The van der Waals surface area contributed by atoms with Crippen molar-refractivity contribution in [2.45, 2.75) is 26.5 Å². The average Bonchev–Trinajstić information content (AvgIpc) is 2.68. The number of hydrogen-bond donors (Lipinski definition) is 1. The number of carbonyl (C=O) groups excluding carboxylic acids is 1. The van der Waals surface area contributed by atoms with Gasteiger partial charge in [-0.1, -0.05) is 29.8 Å². The fourth-order valence-corrected chi connectivity index (χ4v) is 4.03. The van der Waals surface area contributed by atoms with Gasteiger partial charge in [-0.25, -0.2) is 0 Å². The normalized spacial score (nSPS) is 15.9. The standard InChI is InChI=1S/C22H28N2O2S/c1-17-6-8-20(9-7-17)22(25)23-15-18(2)26-21-5-3-4-19(14-21)16-24-10-12-27-13-11-24/h3-9,14,18H,10-13,15-16H2,1-2H3,(H,23,25)/t18-/m0/s1. The van der Waals surface area contributed by atoms with Crippen LogP contribution in [-0.2, 0) is 6.54 Å². The van der Waals surface area contributed by atoms with Crippen LogP contribution in [0.5, 0.6) is 5.75 Å². The molecule has 0 bridgehead atoms. The summed E-state index contributed by atoms with van der Waals surface area (Å²) in [7, 11) is 0. The number of nitrogens with one attached hydrogen (secondary N) is 1. The van der Waals surface area contributed by atoms with E-state index >= 15 is 0 Å². The van der Waals surface area contributed by atoms with Crippen molar-refractivity contribution in [3.63, 3.8) is 0 Å². The Labute approximate surface area is 166 Å². The van der Waals surface area contributed by atoms with Crippen molar-refractivity contribution in [2.75, 3.05) is 31.1 Å². The molecule has 1 amide bonds. The zero-order valence-corrected chi connectivity index (χ0v) is 16.9. The molecule has 0 saturated carbocycles. The number of benzene rings is 2. The van der Waals surface area contributed by atoms with Crippen LogP contribution in [0.2, 0.25) is 0 Å². The van der Waals surface area contributed by atoms with Gasteiger partial charge < -0.3 is 10.1 Å². The lowest BCUT2D eigenvalue weighted by Gasteiger charge is -2.26. The largest absolute Gasteiger partial charge is 0.489 e. The van der Waals surface area contributed by atoms with Gasteiger partial charge in [0.05, 0.1) is 6.54 Å². The van der Waals surface area contributed by atoms with Crippen molar-refractivity contribution >= 4 is 17.7 Å². The third-order valence-corrected chi connectivity index (χ3v) is 5.55. The first-order valence-corrected chi connectivity index (χ1v) is 10.7. The van der Waals surface area contributed by atoms with Gasteiger partial charge in [-0.15, -0.1) is 0 Å². The number of nitrogens with zero attached hydrogens (tertiary/aromatic N) is 1. The summed E-state index contributed by atoms with van der Waals surface area (Å²) >= 11 is 2.03. The summed E-state index contributed by atoms with van der Waals surface area (Å²) in [6, 6.07) is 15.9. The van der Waals surface area contributed by atoms with Crippen LogP contribution in [0.15, 0.2) is 48.5 Å². The van der Waals surface area contributed by atoms with Gasteiger partial charge in [0, 0.05) is 36.7 Å². The molecule has 1 N–H and O–H groups in total. The van der Waals surface area contributed by atoms with E-state index in [2.05, 4.69) is 22.3 Å². The molecule has 144 valence electrons. The number of amides is 1. The second-order valence-electron chi connectivity index (χ2n) is 7.04. The minimum absolute atomic E-state index is 0.0674. The topological polar surface area (TPSA) is 41.6 Å². The van der Waals surface area contributed by atoms with Crippen LogP contribution in [0.4, 0.5) is 0 Å². The highest BCUT2D eigenvalue weighted by atomic mass is 32.2. The molecule has 1 heterocycles. The molecule has 3 rings (SSSR count). The number of rotatable bonds is 7. The van der Waals surface area contributed by atoms with Crippen LogP contribution < -0.4 is 10.1 Å². The minimum atomic E-state index is -0.0963. The predicted molar refractivity (Wildman–Crippen MR) is 113 cm³/mol. The van der Waals surface area contributed by atoms with E-state index in [0.717, 1.165) is 30.9 Å². The Kier molecular flexibility index (Phi) is 7.18. The quantitative estimate of drug-likeness (QED) is 0.790. The Bertz CT molecular complexity index is 742. The number of thioether (sulfide) groups is 1. The van der Waals surface area contributed by atoms with Crippen molar-refractivity contribution in [1.82, 2.24) is 10.2 Å². The highest BCUT2D eigenvalue weighted by Gasteiger charge is 2.12. The first-order valence-electron chi connectivity index (χ1n) is 9.51. The Balaban J connectivity index is 1.48. The van der Waals surface area contributed by atoms with Gasteiger partial charge in [0.25, 0.3) is 5.91 Å². The van der Waals surface area contributed by atoms with E-state index in [9.17, 15) is 4.79 Å². The van der Waals surface area contributed by atoms with Gasteiger partial charge in [-0.05, 0) is 43.7 Å². The van der Waals surface area contributed by atoms with Crippen molar-refractivity contribution in [3.05, 3.63) is 65.2 Å². The van der Waals surface area contributed by atoms with E-state index in [1.165, 1.54) is 17.1 Å². The molecule has 1 aliphatic heterocycles. The number of hydrogen-bond acceptors (Lipinski definition) is 4.